The van der Waals surface area contributed by atoms with Gasteiger partial charge in [-0.1, -0.05) is 23.2 Å². The van der Waals surface area contributed by atoms with E-state index < -0.39 is 0 Å². The van der Waals surface area contributed by atoms with E-state index in [1.165, 1.54) is 0 Å². The number of aliphatic hydroxyl groups excluding tert-OH is 1. The zero-order valence-electron chi connectivity index (χ0n) is 10.0. The molecule has 0 radical (unpaired) electrons. The van der Waals surface area contributed by atoms with Crippen LogP contribution >= 0.6 is 23.2 Å². The fraction of sp³-hybridized carbons (Fsp3) is 0.538. The van der Waals surface area contributed by atoms with Gasteiger partial charge in [0, 0.05) is 23.2 Å². The number of nitrogens with one attached hydrogen (secondary N) is 1. The first kappa shape index (κ1) is 14.1. The number of rotatable bonds is 5. The Hall–Kier alpha value is -0.320. The standard InChI is InChI=1S/C13H17Cl2NO2/c14-10-4-9(5-11(15)6-10)13(8-17)16-7-12-2-1-3-18-12/h4-6,12-13,16-17H,1-3,7-8H2. The van der Waals surface area contributed by atoms with E-state index in [4.69, 9.17) is 27.9 Å². The zero-order valence-corrected chi connectivity index (χ0v) is 11.5. The molecule has 2 N–H and O–H groups in total. The van der Waals surface area contributed by atoms with E-state index >= 15 is 0 Å². The van der Waals surface area contributed by atoms with Crippen LogP contribution < -0.4 is 5.32 Å². The Morgan fingerprint density at radius 1 is 1.33 bits per heavy atom. The summed E-state index contributed by atoms with van der Waals surface area (Å²) in [6, 6.07) is 5.15. The van der Waals surface area contributed by atoms with E-state index in [0.29, 0.717) is 10.0 Å². The summed E-state index contributed by atoms with van der Waals surface area (Å²) in [7, 11) is 0. The van der Waals surface area contributed by atoms with Crippen molar-refractivity contribution in [3.05, 3.63) is 33.8 Å². The quantitative estimate of drug-likeness (QED) is 0.876. The van der Waals surface area contributed by atoms with Gasteiger partial charge < -0.3 is 15.2 Å². The van der Waals surface area contributed by atoms with Crippen LogP contribution in [0.25, 0.3) is 0 Å². The molecular formula is C13H17Cl2NO2. The molecule has 100 valence electrons. The lowest BCUT2D eigenvalue weighted by Crippen LogP contribution is -2.31. The Morgan fingerprint density at radius 2 is 2.06 bits per heavy atom. The van der Waals surface area contributed by atoms with Crippen LogP contribution in [0.15, 0.2) is 18.2 Å². The van der Waals surface area contributed by atoms with Crippen molar-refractivity contribution in [1.82, 2.24) is 5.32 Å². The van der Waals surface area contributed by atoms with Gasteiger partial charge in [0.25, 0.3) is 0 Å². The molecule has 3 nitrogen and oxygen atoms in total. The molecule has 0 amide bonds. The van der Waals surface area contributed by atoms with Crippen LogP contribution in [-0.2, 0) is 4.74 Å². The molecule has 1 heterocycles. The van der Waals surface area contributed by atoms with Crippen LogP contribution in [-0.4, -0.2) is 31.0 Å². The van der Waals surface area contributed by atoms with E-state index in [1.54, 1.807) is 6.07 Å². The van der Waals surface area contributed by atoms with Crippen LogP contribution in [0.1, 0.15) is 24.4 Å². The second-order valence-electron chi connectivity index (χ2n) is 4.48. The summed E-state index contributed by atoms with van der Waals surface area (Å²) in [6.45, 7) is 1.57. The molecule has 2 unspecified atom stereocenters. The van der Waals surface area contributed by atoms with Crippen molar-refractivity contribution < 1.29 is 9.84 Å². The summed E-state index contributed by atoms with van der Waals surface area (Å²) < 4.78 is 5.53. The van der Waals surface area contributed by atoms with Gasteiger partial charge in [-0.25, -0.2) is 0 Å². The van der Waals surface area contributed by atoms with Gasteiger partial charge >= 0.3 is 0 Å². The first-order valence-corrected chi connectivity index (χ1v) is 6.86. The zero-order chi connectivity index (χ0) is 13.0. The molecule has 0 saturated carbocycles. The summed E-state index contributed by atoms with van der Waals surface area (Å²) in [4.78, 5) is 0. The summed E-state index contributed by atoms with van der Waals surface area (Å²) in [5, 5.41) is 13.9. The van der Waals surface area contributed by atoms with Crippen molar-refractivity contribution in [2.45, 2.75) is 25.0 Å². The Balaban J connectivity index is 1.98. The molecule has 18 heavy (non-hydrogen) atoms. The molecule has 1 aromatic carbocycles. The average molecular weight is 290 g/mol. The third-order valence-corrected chi connectivity index (χ3v) is 3.52. The van der Waals surface area contributed by atoms with Crippen LogP contribution in [0.3, 0.4) is 0 Å². The second-order valence-corrected chi connectivity index (χ2v) is 5.35. The van der Waals surface area contributed by atoms with E-state index in [1.807, 2.05) is 12.1 Å². The van der Waals surface area contributed by atoms with Crippen molar-refractivity contribution in [1.29, 1.82) is 0 Å². The lowest BCUT2D eigenvalue weighted by molar-refractivity contribution is 0.104. The highest BCUT2D eigenvalue weighted by atomic mass is 35.5. The van der Waals surface area contributed by atoms with Gasteiger partial charge in [0.2, 0.25) is 0 Å². The Kier molecular flexibility index (Phi) is 5.27. The minimum Gasteiger partial charge on any atom is -0.394 e. The van der Waals surface area contributed by atoms with Crippen LogP contribution in [0.5, 0.6) is 0 Å². The molecule has 0 spiro atoms. The number of aliphatic hydroxyl groups is 1. The average Bonchev–Trinajstić information content (AvgIpc) is 2.81. The van der Waals surface area contributed by atoms with Crippen LogP contribution in [0.4, 0.5) is 0 Å². The van der Waals surface area contributed by atoms with Gasteiger partial charge in [-0.15, -0.1) is 0 Å². The van der Waals surface area contributed by atoms with Crippen molar-refractivity contribution in [2.75, 3.05) is 19.8 Å². The topological polar surface area (TPSA) is 41.5 Å². The maximum absolute atomic E-state index is 9.45. The van der Waals surface area contributed by atoms with Gasteiger partial charge in [0.05, 0.1) is 18.8 Å². The smallest absolute Gasteiger partial charge is 0.0700 e. The molecule has 2 rings (SSSR count). The SMILES string of the molecule is OCC(NCC1CCCO1)c1cc(Cl)cc(Cl)c1. The van der Waals surface area contributed by atoms with Gasteiger partial charge in [-0.2, -0.15) is 0 Å². The molecule has 0 aromatic heterocycles. The third kappa shape index (κ3) is 3.84. The van der Waals surface area contributed by atoms with Gasteiger partial charge in [-0.3, -0.25) is 0 Å². The lowest BCUT2D eigenvalue weighted by Gasteiger charge is -2.19. The van der Waals surface area contributed by atoms with Crippen molar-refractivity contribution in [3.63, 3.8) is 0 Å². The molecule has 0 aliphatic carbocycles. The summed E-state index contributed by atoms with van der Waals surface area (Å²) >= 11 is 11.9. The monoisotopic (exact) mass is 289 g/mol. The summed E-state index contributed by atoms with van der Waals surface area (Å²) in [5.41, 5.74) is 0.896. The Labute approximate surface area is 117 Å². The number of ether oxygens (including phenoxy) is 1. The van der Waals surface area contributed by atoms with Crippen molar-refractivity contribution in [3.8, 4) is 0 Å². The number of benzene rings is 1. The Morgan fingerprint density at radius 3 is 2.61 bits per heavy atom. The third-order valence-electron chi connectivity index (χ3n) is 3.09. The van der Waals surface area contributed by atoms with E-state index in [9.17, 15) is 5.11 Å². The summed E-state index contributed by atoms with van der Waals surface area (Å²) in [6.07, 6.45) is 2.43. The minimum absolute atomic E-state index is 0.00336. The minimum atomic E-state index is -0.162. The molecule has 1 aliphatic rings. The molecule has 1 aromatic rings. The predicted octanol–water partition coefficient (Wildman–Crippen LogP) is 2.80. The second kappa shape index (κ2) is 6.73. The molecule has 1 saturated heterocycles. The van der Waals surface area contributed by atoms with Crippen molar-refractivity contribution in [2.24, 2.45) is 0 Å². The van der Waals surface area contributed by atoms with Gasteiger partial charge in [0.15, 0.2) is 0 Å². The molecular weight excluding hydrogens is 273 g/mol. The largest absolute Gasteiger partial charge is 0.394 e. The molecule has 1 aliphatic heterocycles. The number of hydrogen-bond acceptors (Lipinski definition) is 3. The highest BCUT2D eigenvalue weighted by molar-refractivity contribution is 6.34. The molecule has 0 bridgehead atoms. The van der Waals surface area contributed by atoms with Crippen LogP contribution in [0, 0.1) is 0 Å². The van der Waals surface area contributed by atoms with Crippen LogP contribution in [0.2, 0.25) is 10.0 Å². The van der Waals surface area contributed by atoms with Gasteiger partial charge in [0.1, 0.15) is 0 Å². The summed E-state index contributed by atoms with van der Waals surface area (Å²) in [5.74, 6) is 0. The molecule has 5 heteroatoms. The normalized spacial score (nSPS) is 21.2. The number of halogens is 2. The Bertz CT molecular complexity index is 374. The maximum atomic E-state index is 9.45. The van der Waals surface area contributed by atoms with Crippen molar-refractivity contribution >= 4 is 23.2 Å². The van der Waals surface area contributed by atoms with Gasteiger partial charge in [-0.05, 0) is 36.6 Å². The molecule has 2 atom stereocenters. The predicted molar refractivity (Wildman–Crippen MR) is 73.3 cm³/mol. The van der Waals surface area contributed by atoms with E-state index in [0.717, 1.165) is 31.6 Å². The molecule has 1 fully saturated rings. The highest BCUT2D eigenvalue weighted by Crippen LogP contribution is 2.23. The fourth-order valence-electron chi connectivity index (χ4n) is 2.14. The fourth-order valence-corrected chi connectivity index (χ4v) is 2.69. The first-order chi connectivity index (χ1) is 8.69. The van der Waals surface area contributed by atoms with E-state index in [-0.39, 0.29) is 18.8 Å². The maximum Gasteiger partial charge on any atom is 0.0700 e. The van der Waals surface area contributed by atoms with E-state index in [2.05, 4.69) is 5.32 Å². The first-order valence-electron chi connectivity index (χ1n) is 6.11. The lowest BCUT2D eigenvalue weighted by atomic mass is 10.1. The number of hydrogen-bond donors (Lipinski definition) is 2. The highest BCUT2D eigenvalue weighted by Gasteiger charge is 2.18.